The van der Waals surface area contributed by atoms with Crippen LogP contribution in [0.15, 0.2) is 29.6 Å². The normalized spacial score (nSPS) is 12.8. The summed E-state index contributed by atoms with van der Waals surface area (Å²) in [4.78, 5) is 6.82. The van der Waals surface area contributed by atoms with E-state index in [1.54, 1.807) is 6.20 Å². The molecule has 0 fully saturated rings. The van der Waals surface area contributed by atoms with Gasteiger partial charge < -0.3 is 15.5 Å². The van der Waals surface area contributed by atoms with Gasteiger partial charge in [0.25, 0.3) is 0 Å². The molecule has 2 aromatic heterocycles. The summed E-state index contributed by atoms with van der Waals surface area (Å²) in [6.07, 6.45) is 5.74. The van der Waals surface area contributed by atoms with E-state index in [0.29, 0.717) is 6.54 Å². The fraction of sp³-hybridized carbons (Fsp3) is 0.562. The van der Waals surface area contributed by atoms with Gasteiger partial charge in [-0.15, -0.1) is 24.0 Å². The molecule has 9 heteroatoms. The minimum Gasteiger partial charge on any atom is -0.357 e. The van der Waals surface area contributed by atoms with Crippen LogP contribution in [0.1, 0.15) is 24.2 Å². The van der Waals surface area contributed by atoms with Crippen molar-refractivity contribution in [2.24, 2.45) is 19.1 Å². The van der Waals surface area contributed by atoms with E-state index in [0.717, 1.165) is 24.7 Å². The van der Waals surface area contributed by atoms with E-state index in [1.165, 1.54) is 5.56 Å². The molecule has 2 aromatic rings. The number of halogens is 1. The number of aromatic nitrogens is 4. The Bertz CT molecular complexity index is 661. The molecule has 2 heterocycles. The van der Waals surface area contributed by atoms with E-state index < -0.39 is 0 Å². The maximum absolute atomic E-state index is 4.64. The molecule has 0 bridgehead atoms. The van der Waals surface area contributed by atoms with Crippen molar-refractivity contribution >= 4 is 29.9 Å². The molecule has 0 radical (unpaired) electrons. The molecule has 0 aliphatic heterocycles. The highest BCUT2D eigenvalue weighted by Gasteiger charge is 2.16. The molecule has 0 amide bonds. The van der Waals surface area contributed by atoms with Gasteiger partial charge in [0.15, 0.2) is 5.96 Å². The van der Waals surface area contributed by atoms with Crippen molar-refractivity contribution in [3.8, 4) is 0 Å². The van der Waals surface area contributed by atoms with E-state index in [1.807, 2.05) is 41.9 Å². The van der Waals surface area contributed by atoms with Crippen LogP contribution >= 0.6 is 24.0 Å². The third-order valence-electron chi connectivity index (χ3n) is 3.86. The summed E-state index contributed by atoms with van der Waals surface area (Å²) in [5.74, 6) is 0.800. The molecule has 0 aliphatic rings. The van der Waals surface area contributed by atoms with Crippen molar-refractivity contribution in [2.75, 3.05) is 27.2 Å². The zero-order valence-corrected chi connectivity index (χ0v) is 17.9. The van der Waals surface area contributed by atoms with Gasteiger partial charge in [-0.05, 0) is 27.1 Å². The summed E-state index contributed by atoms with van der Waals surface area (Å²) in [5.41, 5.74) is 2.25. The lowest BCUT2D eigenvalue weighted by Crippen LogP contribution is -2.41. The lowest BCUT2D eigenvalue weighted by molar-refractivity contribution is 0.298. The average Bonchev–Trinajstić information content (AvgIpc) is 3.13. The SMILES string of the molecule is CCNC(=NCc1ccnn1C)NCC(c1cnn(C)c1)N(C)C.I. The minimum absolute atomic E-state index is 0. The summed E-state index contributed by atoms with van der Waals surface area (Å²) in [6, 6.07) is 2.20. The number of likely N-dealkylation sites (N-methyl/N-ethyl adjacent to an activating group) is 1. The molecule has 25 heavy (non-hydrogen) atoms. The van der Waals surface area contributed by atoms with Gasteiger partial charge in [-0.1, -0.05) is 0 Å². The Labute approximate surface area is 166 Å². The predicted molar refractivity (Wildman–Crippen MR) is 111 cm³/mol. The number of hydrogen-bond donors (Lipinski definition) is 2. The molecule has 8 nitrogen and oxygen atoms in total. The second-order valence-electron chi connectivity index (χ2n) is 5.95. The van der Waals surface area contributed by atoms with Crippen molar-refractivity contribution in [1.82, 2.24) is 35.1 Å². The predicted octanol–water partition coefficient (Wildman–Crippen LogP) is 1.13. The van der Waals surface area contributed by atoms with Gasteiger partial charge in [0.1, 0.15) is 0 Å². The first-order valence-electron chi connectivity index (χ1n) is 8.15. The largest absolute Gasteiger partial charge is 0.357 e. The lowest BCUT2D eigenvalue weighted by Gasteiger charge is -2.24. The molecular weight excluding hydrogens is 431 g/mol. The summed E-state index contributed by atoms with van der Waals surface area (Å²) < 4.78 is 3.67. The van der Waals surface area contributed by atoms with Gasteiger partial charge in [-0.25, -0.2) is 4.99 Å². The Balaban J connectivity index is 0.00000312. The van der Waals surface area contributed by atoms with Crippen LogP contribution in [0.2, 0.25) is 0 Å². The van der Waals surface area contributed by atoms with Gasteiger partial charge in [0.2, 0.25) is 0 Å². The summed E-state index contributed by atoms with van der Waals surface area (Å²) >= 11 is 0. The number of nitrogens with one attached hydrogen (secondary N) is 2. The molecular formula is C16H29IN8. The van der Waals surface area contributed by atoms with Crippen molar-refractivity contribution in [1.29, 1.82) is 0 Å². The summed E-state index contributed by atoms with van der Waals surface area (Å²) in [6.45, 7) is 4.21. The number of hydrogen-bond acceptors (Lipinski definition) is 4. The van der Waals surface area contributed by atoms with Crippen LogP contribution in [0.4, 0.5) is 0 Å². The number of aryl methyl sites for hydroxylation is 2. The standard InChI is InChI=1S/C16H28N8.HI/c1-6-17-16(18-10-14-7-8-20-24(14)5)19-11-15(22(2)3)13-9-21-23(4)12-13;/h7-9,12,15H,6,10-11H2,1-5H3,(H2,17,18,19);1H. The highest BCUT2D eigenvalue weighted by molar-refractivity contribution is 14.0. The molecule has 0 aliphatic carbocycles. The monoisotopic (exact) mass is 460 g/mol. The van der Waals surface area contributed by atoms with E-state index in [2.05, 4.69) is 51.7 Å². The van der Waals surface area contributed by atoms with Gasteiger partial charge >= 0.3 is 0 Å². The van der Waals surface area contributed by atoms with Gasteiger partial charge in [-0.2, -0.15) is 10.2 Å². The number of guanidine groups is 1. The molecule has 2 N–H and O–H groups in total. The molecule has 0 saturated heterocycles. The number of nitrogens with zero attached hydrogens (tertiary/aromatic N) is 6. The minimum atomic E-state index is 0. The third-order valence-corrected chi connectivity index (χ3v) is 3.86. The average molecular weight is 460 g/mol. The molecule has 1 unspecified atom stereocenters. The van der Waals surface area contributed by atoms with Crippen LogP contribution in [0, 0.1) is 0 Å². The first-order valence-corrected chi connectivity index (χ1v) is 8.15. The number of rotatable bonds is 7. The van der Waals surface area contributed by atoms with E-state index in [9.17, 15) is 0 Å². The van der Waals surface area contributed by atoms with Crippen molar-refractivity contribution in [3.63, 3.8) is 0 Å². The zero-order chi connectivity index (χ0) is 17.5. The first-order chi connectivity index (χ1) is 11.5. The number of aliphatic imine (C=N–C) groups is 1. The third kappa shape index (κ3) is 6.31. The summed E-state index contributed by atoms with van der Waals surface area (Å²) in [7, 11) is 8.00. The van der Waals surface area contributed by atoms with E-state index in [-0.39, 0.29) is 30.0 Å². The Morgan fingerprint density at radius 1 is 1.28 bits per heavy atom. The van der Waals surface area contributed by atoms with Gasteiger partial charge in [0.05, 0.1) is 24.5 Å². The maximum Gasteiger partial charge on any atom is 0.191 e. The molecule has 0 spiro atoms. The van der Waals surface area contributed by atoms with Crippen LogP contribution in [0.5, 0.6) is 0 Å². The summed E-state index contributed by atoms with van der Waals surface area (Å²) in [5, 5.41) is 15.1. The Hall–Kier alpha value is -1.62. The first kappa shape index (κ1) is 21.4. The zero-order valence-electron chi connectivity index (χ0n) is 15.6. The lowest BCUT2D eigenvalue weighted by atomic mass is 10.1. The van der Waals surface area contributed by atoms with Crippen molar-refractivity contribution in [2.45, 2.75) is 19.5 Å². The van der Waals surface area contributed by atoms with Gasteiger partial charge in [0, 0.05) is 45.1 Å². The fourth-order valence-corrected chi connectivity index (χ4v) is 2.46. The second-order valence-corrected chi connectivity index (χ2v) is 5.95. The van der Waals surface area contributed by atoms with Crippen LogP contribution in [-0.4, -0.2) is 57.6 Å². The highest BCUT2D eigenvalue weighted by Crippen LogP contribution is 2.16. The fourth-order valence-electron chi connectivity index (χ4n) is 2.46. The highest BCUT2D eigenvalue weighted by atomic mass is 127. The Morgan fingerprint density at radius 2 is 2.04 bits per heavy atom. The topological polar surface area (TPSA) is 75.3 Å². The Morgan fingerprint density at radius 3 is 2.56 bits per heavy atom. The van der Waals surface area contributed by atoms with Crippen LogP contribution in [-0.2, 0) is 20.6 Å². The quantitative estimate of drug-likeness (QED) is 0.368. The molecule has 140 valence electrons. The molecule has 0 saturated carbocycles. The van der Waals surface area contributed by atoms with E-state index in [4.69, 9.17) is 0 Å². The maximum atomic E-state index is 4.64. The second kappa shape index (κ2) is 10.4. The van der Waals surface area contributed by atoms with Gasteiger partial charge in [-0.3, -0.25) is 9.36 Å². The molecule has 0 aromatic carbocycles. The van der Waals surface area contributed by atoms with Crippen LogP contribution in [0.3, 0.4) is 0 Å². The Kier molecular flexibility index (Phi) is 8.90. The smallest absolute Gasteiger partial charge is 0.191 e. The van der Waals surface area contributed by atoms with E-state index >= 15 is 0 Å². The van der Waals surface area contributed by atoms with Crippen molar-refractivity contribution in [3.05, 3.63) is 35.9 Å². The van der Waals surface area contributed by atoms with Crippen LogP contribution in [0.25, 0.3) is 0 Å². The molecule has 1 atom stereocenters. The van der Waals surface area contributed by atoms with Crippen LogP contribution < -0.4 is 10.6 Å². The molecule has 2 rings (SSSR count). The van der Waals surface area contributed by atoms with Crippen molar-refractivity contribution < 1.29 is 0 Å².